The highest BCUT2D eigenvalue weighted by Crippen LogP contribution is 2.68. The summed E-state index contributed by atoms with van der Waals surface area (Å²) in [5.41, 5.74) is 19.0. The fourth-order valence-corrected chi connectivity index (χ4v) is 9.92. The Morgan fingerprint density at radius 2 is 0.692 bits per heavy atom. The molecule has 0 fully saturated rings. The molecule has 6 aromatic carbocycles. The van der Waals surface area contributed by atoms with E-state index in [1.165, 1.54) is 66.8 Å². The van der Waals surface area contributed by atoms with Gasteiger partial charge in [0.05, 0.1) is 35.3 Å². The van der Waals surface area contributed by atoms with Crippen LogP contribution < -0.4 is 9.47 Å². The maximum atomic E-state index is 7.10. The molecule has 52 heavy (non-hydrogen) atoms. The van der Waals surface area contributed by atoms with Crippen molar-refractivity contribution in [3.05, 3.63) is 176 Å². The van der Waals surface area contributed by atoms with Crippen LogP contribution in [0.5, 0.6) is 11.5 Å². The van der Waals surface area contributed by atoms with Gasteiger partial charge in [0.25, 0.3) is 0 Å². The van der Waals surface area contributed by atoms with E-state index in [-0.39, 0.29) is 23.7 Å². The van der Waals surface area contributed by atoms with E-state index in [1.807, 2.05) is 24.3 Å². The molecule has 6 aliphatic rings. The molecule has 6 aliphatic carbocycles. The Bertz CT molecular complexity index is 2390. The summed E-state index contributed by atoms with van der Waals surface area (Å²) in [7, 11) is 3.47. The summed E-state index contributed by atoms with van der Waals surface area (Å²) in [5.74, 6) is 1.79. The van der Waals surface area contributed by atoms with Crippen LogP contribution in [-0.2, 0) is 9.47 Å². The van der Waals surface area contributed by atoms with Gasteiger partial charge in [0.1, 0.15) is 24.7 Å². The second-order valence-corrected chi connectivity index (χ2v) is 14.3. The van der Waals surface area contributed by atoms with Gasteiger partial charge in [0.2, 0.25) is 0 Å². The zero-order chi connectivity index (χ0) is 34.5. The first-order valence-corrected chi connectivity index (χ1v) is 18.2. The van der Waals surface area contributed by atoms with Gasteiger partial charge in [0, 0.05) is 60.1 Å². The van der Waals surface area contributed by atoms with E-state index in [2.05, 4.69) is 84.9 Å². The first kappa shape index (κ1) is 30.1. The molecule has 0 amide bonds. The second kappa shape index (κ2) is 11.5. The molecular formula is C46H36N2O4. The van der Waals surface area contributed by atoms with Crippen LogP contribution in [0.15, 0.2) is 109 Å². The van der Waals surface area contributed by atoms with Crippen LogP contribution in [-0.4, -0.2) is 50.6 Å². The van der Waals surface area contributed by atoms with Crippen LogP contribution in [0.3, 0.4) is 0 Å². The van der Waals surface area contributed by atoms with Gasteiger partial charge >= 0.3 is 0 Å². The van der Waals surface area contributed by atoms with Crippen molar-refractivity contribution >= 4 is 22.1 Å². The van der Waals surface area contributed by atoms with Crippen molar-refractivity contribution < 1.29 is 18.9 Å². The van der Waals surface area contributed by atoms with Gasteiger partial charge in [0.15, 0.2) is 0 Å². The summed E-state index contributed by atoms with van der Waals surface area (Å²) < 4.78 is 25.4. The van der Waals surface area contributed by atoms with Gasteiger partial charge in [-0.15, -0.1) is 0 Å². The number of hydrogen-bond acceptors (Lipinski definition) is 6. The number of para-hydroxylation sites is 2. The lowest BCUT2D eigenvalue weighted by Crippen LogP contribution is -2.34. The number of nitrogens with zero attached hydrogens (tertiary/aromatic N) is 2. The summed E-state index contributed by atoms with van der Waals surface area (Å²) >= 11 is 0. The lowest BCUT2D eigenvalue weighted by Gasteiger charge is -2.49. The molecular weight excluding hydrogens is 645 g/mol. The Kier molecular flexibility index (Phi) is 6.64. The molecule has 0 unspecified atom stereocenters. The highest BCUT2D eigenvalue weighted by Gasteiger charge is 2.52. The number of aromatic nitrogens is 2. The van der Waals surface area contributed by atoms with E-state index in [1.54, 1.807) is 14.2 Å². The van der Waals surface area contributed by atoms with Gasteiger partial charge in [-0.1, -0.05) is 84.9 Å². The molecule has 0 saturated carbocycles. The van der Waals surface area contributed by atoms with Crippen molar-refractivity contribution in [3.8, 4) is 11.5 Å². The fraction of sp³-hybridized carbons (Fsp3) is 0.217. The molecule has 0 aliphatic heterocycles. The Hall–Kier alpha value is -5.56. The lowest BCUT2D eigenvalue weighted by atomic mass is 9.55. The van der Waals surface area contributed by atoms with Crippen LogP contribution in [0.1, 0.15) is 90.4 Å². The quantitative estimate of drug-likeness (QED) is 0.118. The first-order valence-electron chi connectivity index (χ1n) is 18.2. The van der Waals surface area contributed by atoms with E-state index >= 15 is 0 Å². The average molecular weight is 681 g/mol. The largest absolute Gasteiger partial charge is 0.491 e. The van der Waals surface area contributed by atoms with Crippen molar-refractivity contribution in [2.75, 3.05) is 40.6 Å². The maximum Gasteiger partial charge on any atom is 0.128 e. The third-order valence-corrected chi connectivity index (χ3v) is 11.8. The third-order valence-electron chi connectivity index (χ3n) is 11.8. The Morgan fingerprint density at radius 1 is 0.385 bits per heavy atom. The Morgan fingerprint density at radius 3 is 1.02 bits per heavy atom. The predicted octanol–water partition coefficient (Wildman–Crippen LogP) is 8.81. The normalized spacial score (nSPS) is 19.4. The molecule has 0 spiro atoms. The highest BCUT2D eigenvalue weighted by atomic mass is 16.5. The maximum absolute atomic E-state index is 7.10. The molecule has 1 aromatic heterocycles. The van der Waals surface area contributed by atoms with Gasteiger partial charge in [-0.3, -0.25) is 0 Å². The molecule has 1 heterocycles. The van der Waals surface area contributed by atoms with Crippen molar-refractivity contribution in [1.82, 2.24) is 9.97 Å². The first-order chi connectivity index (χ1) is 25.8. The average Bonchev–Trinajstić information content (AvgIpc) is 3.19. The summed E-state index contributed by atoms with van der Waals surface area (Å²) in [5, 5.41) is 0. The molecule has 0 saturated heterocycles. The summed E-state index contributed by atoms with van der Waals surface area (Å²) in [6, 6.07) is 39.6. The van der Waals surface area contributed by atoms with Gasteiger partial charge in [-0.25, -0.2) is 9.97 Å². The predicted molar refractivity (Wildman–Crippen MR) is 201 cm³/mol. The van der Waals surface area contributed by atoms with Crippen LogP contribution >= 0.6 is 0 Å². The summed E-state index contributed by atoms with van der Waals surface area (Å²) in [6.07, 6.45) is 0. The minimum atomic E-state index is -0.0811. The van der Waals surface area contributed by atoms with Gasteiger partial charge < -0.3 is 18.9 Å². The van der Waals surface area contributed by atoms with Gasteiger partial charge in [-0.2, -0.15) is 0 Å². The lowest BCUT2D eigenvalue weighted by molar-refractivity contribution is 0.141. The van der Waals surface area contributed by atoms with Crippen molar-refractivity contribution in [2.24, 2.45) is 0 Å². The van der Waals surface area contributed by atoms with Crippen LogP contribution in [0, 0.1) is 0 Å². The monoisotopic (exact) mass is 680 g/mol. The molecule has 254 valence electrons. The molecule has 13 rings (SSSR count). The minimum Gasteiger partial charge on any atom is -0.491 e. The number of benzene rings is 6. The van der Waals surface area contributed by atoms with E-state index in [0.29, 0.717) is 26.4 Å². The van der Waals surface area contributed by atoms with E-state index < -0.39 is 0 Å². The van der Waals surface area contributed by atoms with Crippen LogP contribution in [0.25, 0.3) is 22.1 Å². The summed E-state index contributed by atoms with van der Waals surface area (Å²) in [6.45, 7) is 1.87. The third kappa shape index (κ3) is 4.02. The van der Waals surface area contributed by atoms with Crippen LogP contribution in [0.4, 0.5) is 0 Å². The molecule has 2 atom stereocenters. The summed E-state index contributed by atoms with van der Waals surface area (Å²) in [4.78, 5) is 10.3. The minimum absolute atomic E-state index is 0.00372. The Labute approximate surface area is 302 Å². The number of ether oxygens (including phenoxy) is 4. The number of fused-ring (bicyclic) bond motifs is 2. The van der Waals surface area contributed by atoms with E-state index in [0.717, 1.165) is 33.6 Å². The molecule has 6 heteroatoms. The molecule has 7 aromatic rings. The Balaban J connectivity index is 1.26. The molecule has 0 radical (unpaired) electrons. The highest BCUT2D eigenvalue weighted by molar-refractivity contribution is 5.90. The van der Waals surface area contributed by atoms with Crippen LogP contribution in [0.2, 0.25) is 0 Å². The standard InChI is InChI=1S/C46H36N2O4/c1-49-19-21-51-45-41-37-25-11-3-5-13-27(25)38(28-14-6-4-12-26(28)37)42(41)46(52-22-20-50-2)44-40-30-16-8-7-15-29(30)39(43(44)45)31-23-35-36(24-32(31)40)48-34-18-10-9-17-33(34)47-35/h3-18,23-24,37-40H,19-22H2,1-2H3/t37?,38?,39-,40+. The smallest absolute Gasteiger partial charge is 0.128 e. The number of hydrogen-bond donors (Lipinski definition) is 0. The SMILES string of the molecule is COCCOc1c2c(c(OCCOC)c3c1[C@@H]1c4ccccc4[C@H]3c3cc4nc5ccccc5nc4cc31)C1c3ccccc3C2c2ccccc21. The van der Waals surface area contributed by atoms with Crippen molar-refractivity contribution in [2.45, 2.75) is 23.7 Å². The zero-order valence-corrected chi connectivity index (χ0v) is 29.1. The molecule has 0 N–H and O–H groups in total. The van der Waals surface area contributed by atoms with Crippen molar-refractivity contribution in [1.29, 1.82) is 0 Å². The topological polar surface area (TPSA) is 62.7 Å². The number of methoxy groups -OCH3 is 2. The van der Waals surface area contributed by atoms with Gasteiger partial charge in [-0.05, 0) is 68.8 Å². The molecule has 6 nitrogen and oxygen atoms in total. The fourth-order valence-electron chi connectivity index (χ4n) is 9.92. The zero-order valence-electron chi connectivity index (χ0n) is 29.1. The second-order valence-electron chi connectivity index (χ2n) is 14.3. The van der Waals surface area contributed by atoms with E-state index in [4.69, 9.17) is 28.9 Å². The van der Waals surface area contributed by atoms with Crippen molar-refractivity contribution in [3.63, 3.8) is 0 Å². The van der Waals surface area contributed by atoms with E-state index in [9.17, 15) is 0 Å². The molecule has 4 bridgehead atoms. The number of rotatable bonds is 8.